The lowest BCUT2D eigenvalue weighted by Gasteiger charge is -2.22. The van der Waals surface area contributed by atoms with E-state index in [0.717, 1.165) is 0 Å². The lowest BCUT2D eigenvalue weighted by molar-refractivity contribution is -0.143. The molecule has 0 atom stereocenters. The number of carboxylic acid groups (broad SMARTS) is 3. The van der Waals surface area contributed by atoms with Crippen LogP contribution in [-0.4, -0.2) is 38.8 Å². The summed E-state index contributed by atoms with van der Waals surface area (Å²) in [7, 11) is 0. The van der Waals surface area contributed by atoms with E-state index < -0.39 is 42.7 Å². The van der Waals surface area contributed by atoms with E-state index >= 15 is 0 Å². The molecule has 0 fully saturated rings. The molecule has 0 aromatic heterocycles. The molecular weight excluding hydrogens is 222 g/mol. The van der Waals surface area contributed by atoms with Gasteiger partial charge in [0.25, 0.3) is 0 Å². The maximum absolute atomic E-state index is 10.5. The van der Waals surface area contributed by atoms with Gasteiger partial charge in [0.05, 0.1) is 24.8 Å². The van der Waals surface area contributed by atoms with Crippen molar-refractivity contribution < 1.29 is 29.7 Å². The molecule has 9 heteroatoms. The van der Waals surface area contributed by atoms with Gasteiger partial charge in [0.1, 0.15) is 0 Å². The topological polar surface area (TPSA) is 161 Å². The quantitative estimate of drug-likeness (QED) is 0.327. The third-order valence-corrected chi connectivity index (χ3v) is 1.70. The molecule has 0 aliphatic heterocycles. The molecule has 0 aliphatic carbocycles. The normalized spacial score (nSPS) is 10.2. The summed E-state index contributed by atoms with van der Waals surface area (Å²) in [6, 6.07) is 0. The first-order valence-corrected chi connectivity index (χ1v) is 4.03. The standard InChI is InChI=1S/C7H9N3O6/c8-10-9-7(1-4(11)12,2-5(13)14)3-6(15)16/h1-3H2,(H,11,12)(H,13,14)(H,15,16). The number of hydrogen-bond acceptors (Lipinski definition) is 4. The van der Waals surface area contributed by atoms with Crippen LogP contribution in [0.4, 0.5) is 0 Å². The van der Waals surface area contributed by atoms with Gasteiger partial charge in [-0.25, -0.2) is 0 Å². The van der Waals surface area contributed by atoms with E-state index in [-0.39, 0.29) is 0 Å². The minimum atomic E-state index is -1.97. The highest BCUT2D eigenvalue weighted by molar-refractivity contribution is 5.77. The molecule has 0 spiro atoms. The second kappa shape index (κ2) is 5.56. The lowest BCUT2D eigenvalue weighted by Crippen LogP contribution is -2.35. The van der Waals surface area contributed by atoms with Gasteiger partial charge in [-0.1, -0.05) is 5.11 Å². The Kier molecular flexibility index (Phi) is 4.77. The van der Waals surface area contributed by atoms with Crippen LogP contribution in [0.5, 0.6) is 0 Å². The highest BCUT2D eigenvalue weighted by atomic mass is 16.4. The van der Waals surface area contributed by atoms with Crippen LogP contribution >= 0.6 is 0 Å². The Morgan fingerprint density at radius 2 is 1.31 bits per heavy atom. The Bertz CT molecular complexity index is 318. The second-order valence-electron chi connectivity index (χ2n) is 3.13. The van der Waals surface area contributed by atoms with E-state index in [4.69, 9.17) is 20.9 Å². The largest absolute Gasteiger partial charge is 0.481 e. The predicted octanol–water partition coefficient (Wildman–Crippen LogP) is 0.460. The molecule has 0 heterocycles. The smallest absolute Gasteiger partial charge is 0.304 e. The maximum Gasteiger partial charge on any atom is 0.304 e. The molecular formula is C7H9N3O6. The van der Waals surface area contributed by atoms with Gasteiger partial charge in [-0.3, -0.25) is 14.4 Å². The zero-order valence-corrected chi connectivity index (χ0v) is 8.03. The molecule has 0 rings (SSSR count). The van der Waals surface area contributed by atoms with Gasteiger partial charge < -0.3 is 15.3 Å². The Labute approximate surface area is 88.9 Å². The number of carboxylic acids is 3. The van der Waals surface area contributed by atoms with Crippen LogP contribution in [0.25, 0.3) is 10.4 Å². The molecule has 0 amide bonds. The van der Waals surface area contributed by atoms with E-state index in [1.807, 2.05) is 0 Å². The van der Waals surface area contributed by atoms with Crippen molar-refractivity contribution in [2.24, 2.45) is 5.11 Å². The molecule has 0 bridgehead atoms. The van der Waals surface area contributed by atoms with Gasteiger partial charge in [0.15, 0.2) is 0 Å². The Morgan fingerprint density at radius 1 is 1.00 bits per heavy atom. The Morgan fingerprint density at radius 3 is 1.50 bits per heavy atom. The molecule has 9 nitrogen and oxygen atoms in total. The zero-order chi connectivity index (χ0) is 12.8. The minimum Gasteiger partial charge on any atom is -0.481 e. The van der Waals surface area contributed by atoms with Crippen molar-refractivity contribution in [3.05, 3.63) is 10.4 Å². The number of carbonyl (C=O) groups is 3. The van der Waals surface area contributed by atoms with Crippen LogP contribution in [-0.2, 0) is 14.4 Å². The number of azide groups is 1. The monoisotopic (exact) mass is 231 g/mol. The summed E-state index contributed by atoms with van der Waals surface area (Å²) in [5.41, 5.74) is 6.25. The summed E-state index contributed by atoms with van der Waals surface area (Å²) < 4.78 is 0. The molecule has 0 aromatic rings. The van der Waals surface area contributed by atoms with Crippen molar-refractivity contribution in [3.63, 3.8) is 0 Å². The maximum atomic E-state index is 10.5. The molecule has 0 radical (unpaired) electrons. The van der Waals surface area contributed by atoms with Crippen molar-refractivity contribution in [3.8, 4) is 0 Å². The molecule has 0 aromatic carbocycles. The third-order valence-electron chi connectivity index (χ3n) is 1.70. The number of rotatable bonds is 7. The minimum absolute atomic E-state index is 0.852. The number of aliphatic carboxylic acids is 3. The average Bonchev–Trinajstić information content (AvgIpc) is 1.98. The van der Waals surface area contributed by atoms with Crippen LogP contribution in [0.2, 0.25) is 0 Å². The van der Waals surface area contributed by atoms with E-state index in [1.165, 1.54) is 0 Å². The van der Waals surface area contributed by atoms with Gasteiger partial charge in [0, 0.05) is 4.91 Å². The number of nitrogens with zero attached hydrogens (tertiary/aromatic N) is 3. The fourth-order valence-corrected chi connectivity index (χ4v) is 1.23. The first-order valence-electron chi connectivity index (χ1n) is 4.03. The van der Waals surface area contributed by atoms with E-state index in [2.05, 4.69) is 10.0 Å². The summed E-state index contributed by atoms with van der Waals surface area (Å²) in [4.78, 5) is 33.8. The van der Waals surface area contributed by atoms with Crippen LogP contribution in [0, 0.1) is 0 Å². The molecule has 3 N–H and O–H groups in total. The van der Waals surface area contributed by atoms with Crippen LogP contribution in [0.1, 0.15) is 19.3 Å². The predicted molar refractivity (Wildman–Crippen MR) is 48.6 cm³/mol. The van der Waals surface area contributed by atoms with Crippen LogP contribution in [0.3, 0.4) is 0 Å². The SMILES string of the molecule is [N-]=[N+]=NC(CC(=O)O)(CC(=O)O)CC(=O)O. The van der Waals surface area contributed by atoms with Crippen molar-refractivity contribution in [1.29, 1.82) is 0 Å². The third kappa shape index (κ3) is 4.82. The van der Waals surface area contributed by atoms with E-state index in [9.17, 15) is 14.4 Å². The van der Waals surface area contributed by atoms with Gasteiger partial charge in [-0.2, -0.15) is 0 Å². The summed E-state index contributed by atoms with van der Waals surface area (Å²) in [5.74, 6) is -4.31. The number of hydrogen-bond donors (Lipinski definition) is 3. The van der Waals surface area contributed by atoms with Gasteiger partial charge >= 0.3 is 17.9 Å². The molecule has 0 unspecified atom stereocenters. The molecule has 0 aliphatic rings. The molecule has 0 saturated heterocycles. The zero-order valence-electron chi connectivity index (χ0n) is 8.03. The van der Waals surface area contributed by atoms with Gasteiger partial charge in [-0.05, 0) is 5.53 Å². The summed E-state index contributed by atoms with van der Waals surface area (Å²) in [5, 5.41) is 28.6. The van der Waals surface area contributed by atoms with Crippen LogP contribution in [0.15, 0.2) is 5.11 Å². The first kappa shape index (κ1) is 13.7. The van der Waals surface area contributed by atoms with Gasteiger partial charge in [0.2, 0.25) is 0 Å². The van der Waals surface area contributed by atoms with Crippen molar-refractivity contribution in [2.45, 2.75) is 24.8 Å². The average molecular weight is 231 g/mol. The second-order valence-corrected chi connectivity index (χ2v) is 3.13. The Balaban J connectivity index is 5.17. The fraction of sp³-hybridized carbons (Fsp3) is 0.571. The van der Waals surface area contributed by atoms with Crippen molar-refractivity contribution in [1.82, 2.24) is 0 Å². The highest BCUT2D eigenvalue weighted by Crippen LogP contribution is 2.26. The molecule has 0 saturated carbocycles. The summed E-state index contributed by atoms with van der Waals surface area (Å²) in [6.45, 7) is 0. The molecule has 88 valence electrons. The van der Waals surface area contributed by atoms with Crippen molar-refractivity contribution in [2.75, 3.05) is 0 Å². The fourth-order valence-electron chi connectivity index (χ4n) is 1.23. The summed E-state index contributed by atoms with van der Waals surface area (Å²) >= 11 is 0. The lowest BCUT2D eigenvalue weighted by atomic mass is 9.88. The van der Waals surface area contributed by atoms with E-state index in [1.54, 1.807) is 0 Å². The van der Waals surface area contributed by atoms with E-state index in [0.29, 0.717) is 0 Å². The van der Waals surface area contributed by atoms with Crippen LogP contribution < -0.4 is 0 Å². The van der Waals surface area contributed by atoms with Crippen molar-refractivity contribution >= 4 is 17.9 Å². The summed E-state index contributed by atoms with van der Waals surface area (Å²) in [6.07, 6.45) is -2.55. The first-order chi connectivity index (χ1) is 7.31. The van der Waals surface area contributed by atoms with Gasteiger partial charge in [-0.15, -0.1) is 0 Å². The Hall–Kier alpha value is -2.28. The molecule has 16 heavy (non-hydrogen) atoms. The highest BCUT2D eigenvalue weighted by Gasteiger charge is 2.37.